The van der Waals surface area contributed by atoms with Gasteiger partial charge in [0.05, 0.1) is 0 Å². The fourth-order valence-corrected chi connectivity index (χ4v) is 4.25. The van der Waals surface area contributed by atoms with Gasteiger partial charge in [0.2, 0.25) is 0 Å². The number of hydrogen-bond donors (Lipinski definition) is 1. The third-order valence-corrected chi connectivity index (χ3v) is 6.59. The van der Waals surface area contributed by atoms with Crippen LogP contribution in [0.3, 0.4) is 0 Å². The Kier molecular flexibility index (Phi) is 6.72. The van der Waals surface area contributed by atoms with Crippen LogP contribution in [0.4, 0.5) is 5.69 Å². The number of nitrogens with zero attached hydrogens (tertiary/aromatic N) is 1. The van der Waals surface area contributed by atoms with Crippen LogP contribution in [0, 0.1) is 25.2 Å². The molecule has 4 aromatic carbocycles. The van der Waals surface area contributed by atoms with Gasteiger partial charge in [-0.1, -0.05) is 76.6 Å². The molecule has 0 aliphatic heterocycles. The van der Waals surface area contributed by atoms with Crippen LogP contribution in [0.25, 0.3) is 16.8 Å². The van der Waals surface area contributed by atoms with Crippen LogP contribution in [0.5, 0.6) is 0 Å². The van der Waals surface area contributed by atoms with Gasteiger partial charge < -0.3 is 5.32 Å². The molecule has 33 heavy (non-hydrogen) atoms. The van der Waals surface area contributed by atoms with E-state index in [1.165, 1.54) is 0 Å². The van der Waals surface area contributed by atoms with Crippen LogP contribution < -0.4 is 5.32 Å². The van der Waals surface area contributed by atoms with Crippen LogP contribution in [0.15, 0.2) is 88.9 Å². The first kappa shape index (κ1) is 22.5. The Hall–Kier alpha value is -3.68. The smallest absolute Gasteiger partial charge is 0.266 e. The number of aryl methyl sites for hydroxylation is 2. The van der Waals surface area contributed by atoms with Gasteiger partial charge in [0.1, 0.15) is 11.6 Å². The predicted octanol–water partition coefficient (Wildman–Crippen LogP) is 7.36. The number of hydrogen-bond acceptors (Lipinski definition) is 2. The SMILES string of the molecule is Cc1ccc(NC(=O)/C(C#N)=C/c2c(Cc3ccccc3Br)ccc3ccccc23)cc1C. The van der Waals surface area contributed by atoms with E-state index in [0.717, 1.165) is 43.1 Å². The molecule has 0 unspecified atom stereocenters. The van der Waals surface area contributed by atoms with E-state index in [2.05, 4.69) is 45.5 Å². The molecule has 0 saturated carbocycles. The van der Waals surface area contributed by atoms with Crippen LogP contribution in [0.1, 0.15) is 27.8 Å². The molecule has 162 valence electrons. The van der Waals surface area contributed by atoms with Crippen LogP contribution >= 0.6 is 15.9 Å². The summed E-state index contributed by atoms with van der Waals surface area (Å²) in [7, 11) is 0. The number of carbonyl (C=O) groups excluding carboxylic acids is 1. The van der Waals surface area contributed by atoms with E-state index >= 15 is 0 Å². The molecule has 0 bridgehead atoms. The molecule has 1 N–H and O–H groups in total. The standard InChI is InChI=1S/C29H23BrN2O/c1-19-11-14-25(15-20(19)2)32-29(33)24(18-31)17-27-22(16-23-8-4-6-10-28(23)30)13-12-21-7-3-5-9-26(21)27/h3-15,17H,16H2,1-2H3,(H,32,33)/b24-17+. The molecule has 0 saturated heterocycles. The molecule has 3 nitrogen and oxygen atoms in total. The zero-order valence-corrected chi connectivity index (χ0v) is 20.1. The minimum Gasteiger partial charge on any atom is -0.321 e. The fourth-order valence-electron chi connectivity index (χ4n) is 3.82. The van der Waals surface area contributed by atoms with E-state index in [4.69, 9.17) is 0 Å². The van der Waals surface area contributed by atoms with Crippen molar-refractivity contribution in [2.75, 3.05) is 5.32 Å². The number of fused-ring (bicyclic) bond motifs is 1. The quantitative estimate of drug-likeness (QED) is 0.232. The van der Waals surface area contributed by atoms with Crippen molar-refractivity contribution in [2.24, 2.45) is 0 Å². The molecular formula is C29H23BrN2O. The zero-order chi connectivity index (χ0) is 23.4. The molecule has 0 fully saturated rings. The summed E-state index contributed by atoms with van der Waals surface area (Å²) in [5.74, 6) is -0.416. The van der Waals surface area contributed by atoms with Crippen LogP contribution in [-0.2, 0) is 11.2 Å². The lowest BCUT2D eigenvalue weighted by molar-refractivity contribution is -0.112. The van der Waals surface area contributed by atoms with Crippen molar-refractivity contribution in [1.29, 1.82) is 5.26 Å². The molecule has 0 aromatic heterocycles. The summed E-state index contributed by atoms with van der Waals surface area (Å²) in [5.41, 5.74) is 6.05. The second-order valence-corrected chi connectivity index (χ2v) is 8.90. The van der Waals surface area contributed by atoms with Crippen LogP contribution in [-0.4, -0.2) is 5.91 Å². The van der Waals surface area contributed by atoms with Gasteiger partial charge in [-0.25, -0.2) is 0 Å². The molecule has 0 aliphatic carbocycles. The molecule has 1 amide bonds. The van der Waals surface area contributed by atoms with E-state index < -0.39 is 5.91 Å². The monoisotopic (exact) mass is 494 g/mol. The van der Waals surface area contributed by atoms with E-state index in [1.807, 2.05) is 74.5 Å². The van der Waals surface area contributed by atoms with Crippen molar-refractivity contribution in [3.8, 4) is 6.07 Å². The van der Waals surface area contributed by atoms with Gasteiger partial charge in [-0.2, -0.15) is 5.26 Å². The van der Waals surface area contributed by atoms with Crippen molar-refractivity contribution < 1.29 is 4.79 Å². The number of carbonyl (C=O) groups is 1. The summed E-state index contributed by atoms with van der Waals surface area (Å²) in [6.45, 7) is 4.02. The summed E-state index contributed by atoms with van der Waals surface area (Å²) >= 11 is 3.63. The highest BCUT2D eigenvalue weighted by molar-refractivity contribution is 9.10. The van der Waals surface area contributed by atoms with E-state index in [1.54, 1.807) is 6.08 Å². The van der Waals surface area contributed by atoms with Crippen molar-refractivity contribution in [1.82, 2.24) is 0 Å². The van der Waals surface area contributed by atoms with Gasteiger partial charge >= 0.3 is 0 Å². The molecule has 0 spiro atoms. The van der Waals surface area contributed by atoms with Gasteiger partial charge in [0, 0.05) is 10.2 Å². The zero-order valence-electron chi connectivity index (χ0n) is 18.5. The van der Waals surface area contributed by atoms with Gasteiger partial charge in [-0.15, -0.1) is 0 Å². The van der Waals surface area contributed by atoms with E-state index in [-0.39, 0.29) is 5.57 Å². The number of rotatable bonds is 5. The first-order valence-electron chi connectivity index (χ1n) is 10.7. The second kappa shape index (κ2) is 9.85. The highest BCUT2D eigenvalue weighted by atomic mass is 79.9. The van der Waals surface area contributed by atoms with Gasteiger partial charge in [0.25, 0.3) is 5.91 Å². The molecule has 4 heteroatoms. The number of anilines is 1. The maximum absolute atomic E-state index is 13.0. The van der Waals surface area contributed by atoms with E-state index in [0.29, 0.717) is 12.1 Å². The highest BCUT2D eigenvalue weighted by Gasteiger charge is 2.14. The predicted molar refractivity (Wildman–Crippen MR) is 139 cm³/mol. The minimum atomic E-state index is -0.416. The highest BCUT2D eigenvalue weighted by Crippen LogP contribution is 2.29. The molecular weight excluding hydrogens is 472 g/mol. The lowest BCUT2D eigenvalue weighted by Crippen LogP contribution is -2.13. The summed E-state index contributed by atoms with van der Waals surface area (Å²) in [5, 5.41) is 14.8. The Balaban J connectivity index is 1.77. The number of amides is 1. The Morgan fingerprint density at radius 1 is 0.939 bits per heavy atom. The lowest BCUT2D eigenvalue weighted by Gasteiger charge is -2.13. The van der Waals surface area contributed by atoms with Gasteiger partial charge in [0.15, 0.2) is 0 Å². The third-order valence-electron chi connectivity index (χ3n) is 5.82. The molecule has 0 aliphatic rings. The number of nitriles is 1. The topological polar surface area (TPSA) is 52.9 Å². The van der Waals surface area contributed by atoms with Crippen molar-refractivity contribution in [2.45, 2.75) is 20.3 Å². The maximum Gasteiger partial charge on any atom is 0.266 e. The average Bonchev–Trinajstić information content (AvgIpc) is 2.82. The number of benzene rings is 4. The summed E-state index contributed by atoms with van der Waals surface area (Å²) in [6, 6.07) is 28.1. The Labute approximate surface area is 202 Å². The summed E-state index contributed by atoms with van der Waals surface area (Å²) < 4.78 is 1.03. The first-order chi connectivity index (χ1) is 16.0. The largest absolute Gasteiger partial charge is 0.321 e. The summed E-state index contributed by atoms with van der Waals surface area (Å²) in [4.78, 5) is 13.0. The second-order valence-electron chi connectivity index (χ2n) is 8.05. The number of halogens is 1. The molecule has 0 radical (unpaired) electrons. The Morgan fingerprint density at radius 3 is 2.45 bits per heavy atom. The Bertz CT molecular complexity index is 1430. The normalized spacial score (nSPS) is 11.3. The third kappa shape index (κ3) is 5.05. The first-order valence-corrected chi connectivity index (χ1v) is 11.5. The maximum atomic E-state index is 13.0. The lowest BCUT2D eigenvalue weighted by atomic mass is 9.93. The van der Waals surface area contributed by atoms with Crippen LogP contribution in [0.2, 0.25) is 0 Å². The molecule has 0 atom stereocenters. The van der Waals surface area contributed by atoms with Crippen molar-refractivity contribution in [3.05, 3.63) is 117 Å². The fraction of sp³-hybridized carbons (Fsp3) is 0.103. The van der Waals surface area contributed by atoms with Gasteiger partial charge in [-0.3, -0.25) is 4.79 Å². The van der Waals surface area contributed by atoms with Crippen molar-refractivity contribution >= 4 is 44.4 Å². The molecule has 0 heterocycles. The average molecular weight is 495 g/mol. The molecule has 4 aromatic rings. The number of nitrogens with one attached hydrogen (secondary N) is 1. The summed E-state index contributed by atoms with van der Waals surface area (Å²) in [6.07, 6.45) is 2.39. The minimum absolute atomic E-state index is 0.0676. The molecule has 4 rings (SSSR count). The van der Waals surface area contributed by atoms with E-state index in [9.17, 15) is 10.1 Å². The van der Waals surface area contributed by atoms with Crippen molar-refractivity contribution in [3.63, 3.8) is 0 Å². The van der Waals surface area contributed by atoms with Gasteiger partial charge in [-0.05, 0) is 83.1 Å². The Morgan fingerprint density at radius 2 is 1.70 bits per heavy atom.